The maximum atomic E-state index is 13.2. The third-order valence-corrected chi connectivity index (χ3v) is 6.21. The molecule has 0 aliphatic heterocycles. The van der Waals surface area contributed by atoms with Crippen molar-refractivity contribution in [3.05, 3.63) is 59.8 Å². The van der Waals surface area contributed by atoms with E-state index in [4.69, 9.17) is 9.47 Å². The van der Waals surface area contributed by atoms with Gasteiger partial charge in [0.15, 0.2) is 0 Å². The van der Waals surface area contributed by atoms with Gasteiger partial charge in [-0.05, 0) is 42.8 Å². The summed E-state index contributed by atoms with van der Waals surface area (Å²) in [6.07, 6.45) is 1.67. The van der Waals surface area contributed by atoms with E-state index < -0.39 is 10.0 Å². The van der Waals surface area contributed by atoms with Crippen molar-refractivity contribution in [1.82, 2.24) is 9.29 Å². The van der Waals surface area contributed by atoms with E-state index in [-0.39, 0.29) is 11.4 Å². The molecule has 1 heterocycles. The average Bonchev–Trinajstić information content (AvgIpc) is 2.67. The highest BCUT2D eigenvalue weighted by Gasteiger charge is 2.25. The minimum Gasteiger partial charge on any atom is -0.497 e. The molecule has 0 bridgehead atoms. The van der Waals surface area contributed by atoms with Crippen LogP contribution in [0.25, 0.3) is 10.9 Å². The zero-order chi connectivity index (χ0) is 19.6. The van der Waals surface area contributed by atoms with Gasteiger partial charge >= 0.3 is 0 Å². The summed E-state index contributed by atoms with van der Waals surface area (Å²) < 4.78 is 38.3. The monoisotopic (exact) mass is 386 g/mol. The fraction of sp³-hybridized carbons (Fsp3) is 0.250. The Morgan fingerprint density at radius 1 is 1.07 bits per heavy atom. The van der Waals surface area contributed by atoms with Gasteiger partial charge in [0.05, 0.1) is 19.7 Å². The van der Waals surface area contributed by atoms with Crippen molar-refractivity contribution in [2.75, 3.05) is 21.3 Å². The first kappa shape index (κ1) is 19.1. The van der Waals surface area contributed by atoms with Crippen LogP contribution in [0.5, 0.6) is 11.5 Å². The van der Waals surface area contributed by atoms with Crippen molar-refractivity contribution in [3.63, 3.8) is 0 Å². The van der Waals surface area contributed by atoms with Crippen LogP contribution in [0.2, 0.25) is 0 Å². The first-order valence-electron chi connectivity index (χ1n) is 8.39. The van der Waals surface area contributed by atoms with Gasteiger partial charge in [0.2, 0.25) is 10.0 Å². The Morgan fingerprint density at radius 2 is 1.85 bits per heavy atom. The summed E-state index contributed by atoms with van der Waals surface area (Å²) in [7, 11) is 0.914. The topological polar surface area (TPSA) is 68.7 Å². The first-order chi connectivity index (χ1) is 12.9. The number of aryl methyl sites for hydroxylation is 1. The molecule has 142 valence electrons. The number of nitrogens with zero attached hydrogens (tertiary/aromatic N) is 2. The number of para-hydroxylation sites is 1. The summed E-state index contributed by atoms with van der Waals surface area (Å²) >= 11 is 0. The Kier molecular flexibility index (Phi) is 5.34. The summed E-state index contributed by atoms with van der Waals surface area (Å²) in [6.45, 7) is 2.07. The molecule has 27 heavy (non-hydrogen) atoms. The van der Waals surface area contributed by atoms with E-state index in [1.807, 2.05) is 19.1 Å². The van der Waals surface area contributed by atoms with Gasteiger partial charge in [-0.25, -0.2) is 8.42 Å². The summed E-state index contributed by atoms with van der Waals surface area (Å²) in [5, 5.41) is 0.795. The third kappa shape index (κ3) is 3.74. The molecule has 0 atom stereocenters. The SMILES string of the molecule is COc1ccc(OC)c(CN(C)S(=O)(=O)c2cccc3cc(C)cnc23)c1. The molecule has 3 aromatic rings. The molecule has 0 radical (unpaired) electrons. The number of ether oxygens (including phenoxy) is 2. The molecule has 6 nitrogen and oxygen atoms in total. The van der Waals surface area contributed by atoms with E-state index in [1.165, 1.54) is 4.31 Å². The molecular formula is C20H22N2O4S. The summed E-state index contributed by atoms with van der Waals surface area (Å²) in [5.74, 6) is 1.24. The Bertz CT molecular complexity index is 1080. The number of pyridine rings is 1. The number of methoxy groups -OCH3 is 2. The number of fused-ring (bicyclic) bond motifs is 1. The lowest BCUT2D eigenvalue weighted by Crippen LogP contribution is -2.27. The predicted octanol–water partition coefficient (Wildman–Crippen LogP) is 3.38. The van der Waals surface area contributed by atoms with Crippen LogP contribution in [-0.2, 0) is 16.6 Å². The molecule has 3 rings (SSSR count). The molecule has 0 amide bonds. The number of hydrogen-bond acceptors (Lipinski definition) is 5. The van der Waals surface area contributed by atoms with Gasteiger partial charge < -0.3 is 9.47 Å². The number of rotatable bonds is 6. The Balaban J connectivity index is 2.01. The van der Waals surface area contributed by atoms with Gasteiger partial charge in [0, 0.05) is 30.7 Å². The average molecular weight is 386 g/mol. The van der Waals surface area contributed by atoms with Gasteiger partial charge in [-0.15, -0.1) is 0 Å². The van der Waals surface area contributed by atoms with Crippen LogP contribution >= 0.6 is 0 Å². The molecule has 0 spiro atoms. The number of aromatic nitrogens is 1. The van der Waals surface area contributed by atoms with Crippen LogP contribution in [0, 0.1) is 6.92 Å². The van der Waals surface area contributed by atoms with Crippen LogP contribution in [0.15, 0.2) is 53.6 Å². The van der Waals surface area contributed by atoms with Crippen molar-refractivity contribution in [3.8, 4) is 11.5 Å². The highest BCUT2D eigenvalue weighted by atomic mass is 32.2. The number of sulfonamides is 1. The van der Waals surface area contributed by atoms with Crippen LogP contribution in [0.4, 0.5) is 0 Å². The lowest BCUT2D eigenvalue weighted by atomic mass is 10.2. The van der Waals surface area contributed by atoms with E-state index in [0.717, 1.165) is 10.9 Å². The smallest absolute Gasteiger partial charge is 0.245 e. The normalized spacial score (nSPS) is 11.7. The molecule has 0 N–H and O–H groups in total. The van der Waals surface area contributed by atoms with E-state index >= 15 is 0 Å². The minimum atomic E-state index is -3.75. The van der Waals surface area contributed by atoms with Gasteiger partial charge in [0.1, 0.15) is 16.4 Å². The van der Waals surface area contributed by atoms with Crippen LogP contribution in [0.1, 0.15) is 11.1 Å². The minimum absolute atomic E-state index is 0.144. The van der Waals surface area contributed by atoms with Crippen molar-refractivity contribution in [2.45, 2.75) is 18.4 Å². The summed E-state index contributed by atoms with van der Waals surface area (Å²) in [4.78, 5) is 4.53. The van der Waals surface area contributed by atoms with Crippen molar-refractivity contribution in [2.24, 2.45) is 0 Å². The van der Waals surface area contributed by atoms with Gasteiger partial charge in [-0.1, -0.05) is 12.1 Å². The van der Waals surface area contributed by atoms with E-state index in [2.05, 4.69) is 4.98 Å². The fourth-order valence-electron chi connectivity index (χ4n) is 2.95. The zero-order valence-corrected chi connectivity index (χ0v) is 16.6. The van der Waals surface area contributed by atoms with Gasteiger partial charge in [-0.3, -0.25) is 4.98 Å². The zero-order valence-electron chi connectivity index (χ0n) is 15.8. The van der Waals surface area contributed by atoms with Gasteiger partial charge in [0.25, 0.3) is 0 Å². The summed E-state index contributed by atoms with van der Waals surface area (Å²) in [6, 6.07) is 12.4. The Morgan fingerprint density at radius 3 is 2.56 bits per heavy atom. The van der Waals surface area contributed by atoms with Crippen molar-refractivity contribution >= 4 is 20.9 Å². The second-order valence-electron chi connectivity index (χ2n) is 6.28. The molecule has 2 aromatic carbocycles. The first-order valence-corrected chi connectivity index (χ1v) is 9.83. The molecule has 0 saturated heterocycles. The van der Waals surface area contributed by atoms with Gasteiger partial charge in [-0.2, -0.15) is 4.31 Å². The number of benzene rings is 2. The highest BCUT2D eigenvalue weighted by Crippen LogP contribution is 2.29. The van der Waals surface area contributed by atoms with Crippen LogP contribution in [-0.4, -0.2) is 39.0 Å². The van der Waals surface area contributed by atoms with E-state index in [1.54, 1.807) is 57.8 Å². The van der Waals surface area contributed by atoms with Crippen molar-refractivity contribution < 1.29 is 17.9 Å². The van der Waals surface area contributed by atoms with Crippen LogP contribution < -0.4 is 9.47 Å². The maximum Gasteiger partial charge on any atom is 0.245 e. The maximum absolute atomic E-state index is 13.2. The largest absolute Gasteiger partial charge is 0.497 e. The molecular weight excluding hydrogens is 364 g/mol. The Labute approximate surface area is 159 Å². The molecule has 7 heteroatoms. The molecule has 0 saturated carbocycles. The second kappa shape index (κ2) is 7.54. The lowest BCUT2D eigenvalue weighted by Gasteiger charge is -2.20. The van der Waals surface area contributed by atoms with Crippen LogP contribution in [0.3, 0.4) is 0 Å². The third-order valence-electron chi connectivity index (χ3n) is 4.38. The fourth-order valence-corrected chi connectivity index (χ4v) is 4.26. The van der Waals surface area contributed by atoms with E-state index in [9.17, 15) is 8.42 Å². The molecule has 0 fully saturated rings. The summed E-state index contributed by atoms with van der Waals surface area (Å²) in [5.41, 5.74) is 2.16. The molecule has 0 aliphatic carbocycles. The number of hydrogen-bond donors (Lipinski definition) is 0. The van der Waals surface area contributed by atoms with Crippen molar-refractivity contribution in [1.29, 1.82) is 0 Å². The van der Waals surface area contributed by atoms with E-state index in [0.29, 0.717) is 22.6 Å². The lowest BCUT2D eigenvalue weighted by molar-refractivity contribution is 0.389. The highest BCUT2D eigenvalue weighted by molar-refractivity contribution is 7.89. The molecule has 1 aromatic heterocycles. The second-order valence-corrected chi connectivity index (χ2v) is 8.29. The standard InChI is InChI=1S/C20H22N2O4S/c1-14-10-15-6-5-7-19(20(15)21-12-14)27(23,24)22(2)13-16-11-17(25-3)8-9-18(16)26-4/h5-12H,13H2,1-4H3. The predicted molar refractivity (Wildman–Crippen MR) is 105 cm³/mol. The Hall–Kier alpha value is -2.64. The quantitative estimate of drug-likeness (QED) is 0.650. The molecule has 0 unspecified atom stereocenters. The molecule has 0 aliphatic rings.